The van der Waals surface area contributed by atoms with Crippen LogP contribution in [-0.2, 0) is 4.79 Å². The lowest BCUT2D eigenvalue weighted by Crippen LogP contribution is -2.39. The zero-order valence-corrected chi connectivity index (χ0v) is 11.1. The van der Waals surface area contributed by atoms with Crippen LogP contribution in [-0.4, -0.2) is 37.0 Å². The summed E-state index contributed by atoms with van der Waals surface area (Å²) in [5, 5.41) is 3.37. The van der Waals surface area contributed by atoms with E-state index in [9.17, 15) is 4.79 Å². The summed E-state index contributed by atoms with van der Waals surface area (Å²) in [6.45, 7) is 5.87. The average Bonchev–Trinajstić information content (AvgIpc) is 2.85. The van der Waals surface area contributed by atoms with Crippen LogP contribution in [0.15, 0.2) is 0 Å². The van der Waals surface area contributed by atoms with Crippen LogP contribution in [0.25, 0.3) is 0 Å². The number of carbonyl (C=O) groups excluding carboxylic acids is 1. The zero-order chi connectivity index (χ0) is 12.1. The van der Waals surface area contributed by atoms with Crippen LogP contribution in [0, 0.1) is 11.8 Å². The Morgan fingerprint density at radius 3 is 2.59 bits per heavy atom. The maximum atomic E-state index is 11.8. The fraction of sp³-hybridized carbons (Fsp3) is 0.929. The highest BCUT2D eigenvalue weighted by molar-refractivity contribution is 5.78. The van der Waals surface area contributed by atoms with Gasteiger partial charge >= 0.3 is 0 Å². The number of amides is 1. The summed E-state index contributed by atoms with van der Waals surface area (Å²) in [6, 6.07) is 0. The maximum Gasteiger partial charge on any atom is 0.236 e. The van der Waals surface area contributed by atoms with E-state index >= 15 is 0 Å². The van der Waals surface area contributed by atoms with Gasteiger partial charge in [0.1, 0.15) is 0 Å². The standard InChI is InChI=1S/C14H26N2O/c1-12-6-2-3-7-13(12)10-15-11-14(17)16-8-4-5-9-16/h12-13,15H,2-11H2,1H3. The van der Waals surface area contributed by atoms with Crippen molar-refractivity contribution in [3.05, 3.63) is 0 Å². The molecule has 2 fully saturated rings. The summed E-state index contributed by atoms with van der Waals surface area (Å²) in [5.41, 5.74) is 0. The van der Waals surface area contributed by atoms with Gasteiger partial charge in [0.25, 0.3) is 0 Å². The Bertz CT molecular complexity index is 249. The highest BCUT2D eigenvalue weighted by Crippen LogP contribution is 2.28. The van der Waals surface area contributed by atoms with Crippen LogP contribution in [0.2, 0.25) is 0 Å². The van der Waals surface area contributed by atoms with Crippen molar-refractivity contribution in [3.63, 3.8) is 0 Å². The second-order valence-corrected chi connectivity index (χ2v) is 5.74. The minimum Gasteiger partial charge on any atom is -0.342 e. The van der Waals surface area contributed by atoms with E-state index in [1.54, 1.807) is 0 Å². The molecule has 0 radical (unpaired) electrons. The van der Waals surface area contributed by atoms with Gasteiger partial charge in [-0.3, -0.25) is 4.79 Å². The van der Waals surface area contributed by atoms with Crippen LogP contribution in [0.1, 0.15) is 45.4 Å². The molecule has 0 aromatic heterocycles. The fourth-order valence-corrected chi connectivity index (χ4v) is 3.14. The molecule has 17 heavy (non-hydrogen) atoms. The van der Waals surface area contributed by atoms with E-state index in [0.717, 1.165) is 31.5 Å². The third-order valence-electron chi connectivity index (χ3n) is 4.43. The monoisotopic (exact) mass is 238 g/mol. The van der Waals surface area contributed by atoms with Crippen molar-refractivity contribution in [2.45, 2.75) is 45.4 Å². The van der Waals surface area contributed by atoms with E-state index < -0.39 is 0 Å². The van der Waals surface area contributed by atoms with Crippen molar-refractivity contribution in [1.29, 1.82) is 0 Å². The van der Waals surface area contributed by atoms with Gasteiger partial charge in [0.15, 0.2) is 0 Å². The summed E-state index contributed by atoms with van der Waals surface area (Å²) in [4.78, 5) is 13.8. The Morgan fingerprint density at radius 1 is 1.18 bits per heavy atom. The first-order chi connectivity index (χ1) is 8.27. The summed E-state index contributed by atoms with van der Waals surface area (Å²) >= 11 is 0. The van der Waals surface area contributed by atoms with Gasteiger partial charge in [-0.15, -0.1) is 0 Å². The molecule has 1 saturated heterocycles. The van der Waals surface area contributed by atoms with Gasteiger partial charge in [-0.05, 0) is 37.6 Å². The van der Waals surface area contributed by atoms with Gasteiger partial charge in [-0.2, -0.15) is 0 Å². The fourth-order valence-electron chi connectivity index (χ4n) is 3.14. The highest BCUT2D eigenvalue weighted by atomic mass is 16.2. The summed E-state index contributed by atoms with van der Waals surface area (Å²) in [5.74, 6) is 1.92. The van der Waals surface area contributed by atoms with Gasteiger partial charge in [-0.1, -0.05) is 26.2 Å². The zero-order valence-electron chi connectivity index (χ0n) is 11.1. The molecule has 3 nitrogen and oxygen atoms in total. The topological polar surface area (TPSA) is 32.3 Å². The Balaban J connectivity index is 1.63. The lowest BCUT2D eigenvalue weighted by atomic mass is 9.80. The van der Waals surface area contributed by atoms with Crippen LogP contribution >= 0.6 is 0 Å². The lowest BCUT2D eigenvalue weighted by Gasteiger charge is -2.29. The van der Waals surface area contributed by atoms with E-state index in [4.69, 9.17) is 0 Å². The third kappa shape index (κ3) is 3.70. The smallest absolute Gasteiger partial charge is 0.236 e. The Hall–Kier alpha value is -0.570. The van der Waals surface area contributed by atoms with Crippen molar-refractivity contribution in [3.8, 4) is 0 Å². The Labute approximate surface area is 105 Å². The molecule has 1 amide bonds. The number of nitrogens with zero attached hydrogens (tertiary/aromatic N) is 1. The molecule has 2 unspecified atom stereocenters. The normalized spacial score (nSPS) is 29.6. The Kier molecular flexibility index (Phi) is 4.84. The van der Waals surface area contributed by atoms with E-state index in [2.05, 4.69) is 12.2 Å². The minimum absolute atomic E-state index is 0.297. The predicted molar refractivity (Wildman–Crippen MR) is 69.8 cm³/mol. The molecule has 1 saturated carbocycles. The molecule has 2 aliphatic rings. The molecule has 1 aliphatic carbocycles. The highest BCUT2D eigenvalue weighted by Gasteiger charge is 2.22. The minimum atomic E-state index is 0.297. The van der Waals surface area contributed by atoms with Gasteiger partial charge in [0.05, 0.1) is 6.54 Å². The molecule has 0 aromatic carbocycles. The van der Waals surface area contributed by atoms with Crippen molar-refractivity contribution in [2.75, 3.05) is 26.2 Å². The van der Waals surface area contributed by atoms with E-state index in [0.29, 0.717) is 12.5 Å². The molecule has 0 bridgehead atoms. The number of carbonyl (C=O) groups is 1. The first-order valence-corrected chi connectivity index (χ1v) is 7.26. The van der Waals surface area contributed by atoms with Crippen LogP contribution < -0.4 is 5.32 Å². The second kappa shape index (κ2) is 6.39. The molecule has 98 valence electrons. The average molecular weight is 238 g/mol. The summed E-state index contributed by atoms with van der Waals surface area (Å²) in [7, 11) is 0. The molecular formula is C14H26N2O. The number of hydrogen-bond acceptors (Lipinski definition) is 2. The van der Waals surface area contributed by atoms with E-state index in [-0.39, 0.29) is 0 Å². The molecular weight excluding hydrogens is 212 g/mol. The second-order valence-electron chi connectivity index (χ2n) is 5.74. The van der Waals surface area contributed by atoms with Crippen LogP contribution in [0.4, 0.5) is 0 Å². The third-order valence-corrected chi connectivity index (χ3v) is 4.43. The van der Waals surface area contributed by atoms with E-state index in [1.165, 1.54) is 38.5 Å². The molecule has 1 N–H and O–H groups in total. The first-order valence-electron chi connectivity index (χ1n) is 7.26. The van der Waals surface area contributed by atoms with Gasteiger partial charge in [0.2, 0.25) is 5.91 Å². The molecule has 2 rings (SSSR count). The van der Waals surface area contributed by atoms with Crippen molar-refractivity contribution in [2.24, 2.45) is 11.8 Å². The SMILES string of the molecule is CC1CCCCC1CNCC(=O)N1CCCC1. The summed E-state index contributed by atoms with van der Waals surface area (Å²) in [6.07, 6.45) is 7.84. The first kappa shape index (κ1) is 12.9. The number of hydrogen-bond donors (Lipinski definition) is 1. The van der Waals surface area contributed by atoms with Crippen molar-refractivity contribution >= 4 is 5.91 Å². The predicted octanol–water partition coefficient (Wildman–Crippen LogP) is 2.02. The van der Waals surface area contributed by atoms with Gasteiger partial charge in [-0.25, -0.2) is 0 Å². The van der Waals surface area contributed by atoms with E-state index in [1.807, 2.05) is 4.90 Å². The molecule has 3 heteroatoms. The van der Waals surface area contributed by atoms with Crippen molar-refractivity contribution < 1.29 is 4.79 Å². The van der Waals surface area contributed by atoms with Gasteiger partial charge in [0, 0.05) is 13.1 Å². The van der Waals surface area contributed by atoms with Crippen molar-refractivity contribution in [1.82, 2.24) is 10.2 Å². The number of rotatable bonds is 4. The lowest BCUT2D eigenvalue weighted by molar-refractivity contribution is -0.129. The molecule has 1 heterocycles. The molecule has 0 aromatic rings. The van der Waals surface area contributed by atoms with Crippen LogP contribution in [0.3, 0.4) is 0 Å². The van der Waals surface area contributed by atoms with Gasteiger partial charge < -0.3 is 10.2 Å². The number of likely N-dealkylation sites (tertiary alicyclic amines) is 1. The molecule has 2 atom stereocenters. The largest absolute Gasteiger partial charge is 0.342 e. The Morgan fingerprint density at radius 2 is 1.88 bits per heavy atom. The maximum absolute atomic E-state index is 11.8. The summed E-state index contributed by atoms with van der Waals surface area (Å²) < 4.78 is 0. The molecule has 1 aliphatic heterocycles. The quantitative estimate of drug-likeness (QED) is 0.812. The molecule has 0 spiro atoms. The number of nitrogens with one attached hydrogen (secondary N) is 1. The van der Waals surface area contributed by atoms with Crippen LogP contribution in [0.5, 0.6) is 0 Å².